The molecule has 0 amide bonds. The second-order valence-electron chi connectivity index (χ2n) is 9.25. The molecule has 1 nitrogen and oxygen atoms in total. The average molecular weight is 622 g/mol. The Kier molecular flexibility index (Phi) is 8.49. The quantitative estimate of drug-likeness (QED) is 0.178. The smallest absolute Gasteiger partial charge is 0.426 e. The maximum Gasteiger partial charge on any atom is 0.426 e. The summed E-state index contributed by atoms with van der Waals surface area (Å²) in [4.78, 5) is 0. The van der Waals surface area contributed by atoms with Crippen LogP contribution in [0.3, 0.4) is 0 Å². The van der Waals surface area contributed by atoms with Gasteiger partial charge >= 0.3 is 24.2 Å². The minimum atomic E-state index is -6.09. The molecule has 0 aromatic heterocycles. The molecule has 0 aliphatic rings. The molecule has 0 saturated carbocycles. The first kappa shape index (κ1) is 31.8. The highest BCUT2D eigenvalue weighted by Gasteiger charge is 2.61. The first-order valence-electron chi connectivity index (χ1n) is 12.2. The monoisotopic (exact) mass is 622 g/mol. The lowest BCUT2D eigenvalue weighted by Gasteiger charge is -2.29. The molecule has 4 aromatic rings. The van der Waals surface area contributed by atoms with Crippen molar-refractivity contribution in [1.29, 1.82) is 0 Å². The van der Waals surface area contributed by atoms with E-state index in [0.717, 1.165) is 24.3 Å². The van der Waals surface area contributed by atoms with Gasteiger partial charge in [0.05, 0.1) is 11.1 Å². The van der Waals surface area contributed by atoms with E-state index in [0.29, 0.717) is 12.1 Å². The van der Waals surface area contributed by atoms with Crippen LogP contribution < -0.4 is 4.74 Å². The maximum absolute atomic E-state index is 15.4. The molecule has 4 rings (SSSR count). The highest BCUT2D eigenvalue weighted by atomic mass is 19.4. The fourth-order valence-corrected chi connectivity index (χ4v) is 4.42. The van der Waals surface area contributed by atoms with Gasteiger partial charge < -0.3 is 4.74 Å². The van der Waals surface area contributed by atoms with Crippen molar-refractivity contribution in [2.24, 2.45) is 0 Å². The van der Waals surface area contributed by atoms with E-state index in [4.69, 9.17) is 4.74 Å². The van der Waals surface area contributed by atoms with Crippen molar-refractivity contribution < 1.29 is 57.4 Å². The number of hydrogen-bond acceptors (Lipinski definition) is 1. The van der Waals surface area contributed by atoms with Gasteiger partial charge in [0.1, 0.15) is 11.5 Å². The molecule has 43 heavy (non-hydrogen) atoms. The van der Waals surface area contributed by atoms with Crippen molar-refractivity contribution in [3.8, 4) is 33.8 Å². The van der Waals surface area contributed by atoms with Gasteiger partial charge in [0.25, 0.3) is 12.3 Å². The molecule has 0 spiro atoms. The van der Waals surface area contributed by atoms with E-state index in [1.165, 1.54) is 60.7 Å². The van der Waals surface area contributed by atoms with Crippen molar-refractivity contribution in [1.82, 2.24) is 0 Å². The lowest BCUT2D eigenvalue weighted by Crippen LogP contribution is -2.40. The highest BCUT2D eigenvalue weighted by molar-refractivity contribution is 5.74. The van der Waals surface area contributed by atoms with Gasteiger partial charge in [-0.1, -0.05) is 84.9 Å². The second-order valence-corrected chi connectivity index (χ2v) is 9.25. The van der Waals surface area contributed by atoms with E-state index < -0.39 is 70.3 Å². The van der Waals surface area contributed by atoms with Crippen LogP contribution in [0.4, 0.5) is 52.7 Å². The van der Waals surface area contributed by atoms with E-state index >= 15 is 17.6 Å². The Morgan fingerprint density at radius 3 is 1.05 bits per heavy atom. The van der Waals surface area contributed by atoms with Gasteiger partial charge in [-0.25, -0.2) is 8.78 Å². The number of halogens is 12. The van der Waals surface area contributed by atoms with Crippen molar-refractivity contribution in [2.45, 2.75) is 36.5 Å². The maximum atomic E-state index is 15.4. The average Bonchev–Trinajstić information content (AvgIpc) is 2.96. The van der Waals surface area contributed by atoms with Crippen molar-refractivity contribution in [3.63, 3.8) is 0 Å². The highest BCUT2D eigenvalue weighted by Crippen LogP contribution is 2.53. The second kappa shape index (κ2) is 11.5. The lowest BCUT2D eigenvalue weighted by molar-refractivity contribution is -0.248. The lowest BCUT2D eigenvalue weighted by atomic mass is 9.91. The summed E-state index contributed by atoms with van der Waals surface area (Å²) in [7, 11) is 0. The van der Waals surface area contributed by atoms with Crippen LogP contribution in [-0.2, 0) is 11.8 Å². The Bertz CT molecular complexity index is 1430. The molecule has 13 heteroatoms. The predicted octanol–water partition coefficient (Wildman–Crippen LogP) is 10.8. The minimum absolute atomic E-state index is 0.151. The Hall–Kier alpha value is -4.16. The third kappa shape index (κ3) is 6.30. The van der Waals surface area contributed by atoms with Crippen molar-refractivity contribution in [3.05, 3.63) is 108 Å². The summed E-state index contributed by atoms with van der Waals surface area (Å²) < 4.78 is 175. The third-order valence-corrected chi connectivity index (χ3v) is 6.32. The van der Waals surface area contributed by atoms with Crippen molar-refractivity contribution in [2.75, 3.05) is 0 Å². The number of hydrogen-bond donors (Lipinski definition) is 0. The molecule has 0 radical (unpaired) electrons. The van der Waals surface area contributed by atoms with Crippen LogP contribution in [0.15, 0.2) is 97.1 Å². The fraction of sp³-hybridized carbons (Fsp3) is 0.200. The molecule has 0 aliphatic carbocycles. The topological polar surface area (TPSA) is 9.23 Å². The van der Waals surface area contributed by atoms with Gasteiger partial charge in [-0.15, -0.1) is 0 Å². The Labute approximate surface area is 236 Å². The molecule has 2 unspecified atom stereocenters. The largest absolute Gasteiger partial charge is 0.456 e. The molecule has 0 heterocycles. The molecule has 2 atom stereocenters. The van der Waals surface area contributed by atoms with E-state index in [9.17, 15) is 35.1 Å². The van der Waals surface area contributed by atoms with Crippen LogP contribution in [0.1, 0.15) is 11.1 Å². The summed E-state index contributed by atoms with van der Waals surface area (Å²) in [5.74, 6) is -13.4. The Balaban J connectivity index is 2.02. The zero-order chi connectivity index (χ0) is 31.8. The number of ether oxygens (including phenoxy) is 1. The van der Waals surface area contributed by atoms with Gasteiger partial charge in [0.15, 0.2) is 0 Å². The zero-order valence-electron chi connectivity index (χ0n) is 21.3. The summed E-state index contributed by atoms with van der Waals surface area (Å²) in [5, 5.41) is 0. The van der Waals surface area contributed by atoms with Crippen LogP contribution in [-0.4, -0.2) is 24.7 Å². The van der Waals surface area contributed by atoms with Gasteiger partial charge in [-0.05, 0) is 34.4 Å². The molecule has 0 aliphatic heterocycles. The molecule has 0 bridgehead atoms. The predicted molar refractivity (Wildman–Crippen MR) is 134 cm³/mol. The molecule has 0 N–H and O–H groups in total. The summed E-state index contributed by atoms with van der Waals surface area (Å²) in [6.45, 7) is 0. The Morgan fingerprint density at radius 2 is 0.744 bits per heavy atom. The van der Waals surface area contributed by atoms with E-state index in [2.05, 4.69) is 0 Å². The number of rotatable bonds is 8. The van der Waals surface area contributed by atoms with E-state index in [1.54, 1.807) is 0 Å². The molecule has 0 fully saturated rings. The normalized spacial score (nSPS) is 14.3. The van der Waals surface area contributed by atoms with E-state index in [-0.39, 0.29) is 11.1 Å². The molecule has 0 saturated heterocycles. The summed E-state index contributed by atoms with van der Waals surface area (Å²) in [6.07, 6.45) is -21.8. The standard InChI is InChI=1S/C30H18F12O/c31-25(29(37,38)39)27(33,34)23-19(17-9-3-1-4-10-17)13-7-15-21(23)43-22-16-8-14-20(18-11-5-2-6-12-18)24(22)28(35,36)26(32)30(40,41)42/h1-16,25-26H. The molecule has 228 valence electrons. The van der Waals surface area contributed by atoms with Crippen molar-refractivity contribution >= 4 is 0 Å². The van der Waals surface area contributed by atoms with Crippen LogP contribution in [0.2, 0.25) is 0 Å². The fourth-order valence-electron chi connectivity index (χ4n) is 4.42. The van der Waals surface area contributed by atoms with Crippen LogP contribution in [0.5, 0.6) is 11.5 Å². The summed E-state index contributed by atoms with van der Waals surface area (Å²) >= 11 is 0. The summed E-state index contributed by atoms with van der Waals surface area (Å²) in [6, 6.07) is 17.9. The first-order valence-corrected chi connectivity index (χ1v) is 12.2. The molecule has 4 aromatic carbocycles. The zero-order valence-corrected chi connectivity index (χ0v) is 21.3. The minimum Gasteiger partial charge on any atom is -0.456 e. The van der Waals surface area contributed by atoms with Gasteiger partial charge in [0, 0.05) is 0 Å². The van der Waals surface area contributed by atoms with Gasteiger partial charge in [-0.3, -0.25) is 0 Å². The molecular weight excluding hydrogens is 604 g/mol. The van der Waals surface area contributed by atoms with Crippen LogP contribution in [0.25, 0.3) is 22.3 Å². The molecular formula is C30H18F12O. The summed E-state index contributed by atoms with van der Waals surface area (Å²) in [5.41, 5.74) is -5.14. The Morgan fingerprint density at radius 1 is 0.419 bits per heavy atom. The van der Waals surface area contributed by atoms with Crippen LogP contribution in [0, 0.1) is 0 Å². The third-order valence-electron chi connectivity index (χ3n) is 6.32. The van der Waals surface area contributed by atoms with Gasteiger partial charge in [-0.2, -0.15) is 43.9 Å². The number of alkyl halides is 12. The number of benzene rings is 4. The van der Waals surface area contributed by atoms with E-state index in [1.807, 2.05) is 0 Å². The van der Waals surface area contributed by atoms with Crippen LogP contribution >= 0.6 is 0 Å². The van der Waals surface area contributed by atoms with Gasteiger partial charge in [0.2, 0.25) is 0 Å². The SMILES string of the molecule is FC(C(F)(F)F)C(F)(F)c1c(Oc2cccc(-c3ccccc3)c2C(F)(F)C(F)C(F)(F)F)cccc1-c1ccccc1. The first-order chi connectivity index (χ1) is 20.0.